The standard InChI is InChI=1S/C13H19/c1-8-6-12-10(3)5-11(4)13(12)7-9(8)2/h5,8-9H,6-7H2,1-4H3. The van der Waals surface area contributed by atoms with E-state index in [4.69, 9.17) is 0 Å². The minimum Gasteiger partial charge on any atom is -0.0701 e. The van der Waals surface area contributed by atoms with Crippen LogP contribution in [0.15, 0.2) is 22.8 Å². The molecule has 2 unspecified atom stereocenters. The van der Waals surface area contributed by atoms with Gasteiger partial charge in [0.05, 0.1) is 0 Å². The van der Waals surface area contributed by atoms with Crippen LogP contribution < -0.4 is 0 Å². The molecule has 0 aromatic rings. The topological polar surface area (TPSA) is 0 Å². The molecule has 0 nitrogen and oxygen atoms in total. The van der Waals surface area contributed by atoms with Gasteiger partial charge in [-0.1, -0.05) is 38.0 Å². The lowest BCUT2D eigenvalue weighted by Gasteiger charge is -2.29. The summed E-state index contributed by atoms with van der Waals surface area (Å²) in [6.45, 7) is 9.29. The van der Waals surface area contributed by atoms with Gasteiger partial charge in [-0.2, -0.15) is 0 Å². The summed E-state index contributed by atoms with van der Waals surface area (Å²) in [5, 5.41) is 0. The van der Waals surface area contributed by atoms with E-state index in [1.54, 1.807) is 11.1 Å². The molecule has 2 atom stereocenters. The minimum atomic E-state index is 0.869. The third-order valence-electron chi connectivity index (χ3n) is 3.77. The molecule has 2 aliphatic carbocycles. The first-order chi connectivity index (χ1) is 6.09. The normalized spacial score (nSPS) is 34.9. The number of allylic oxidation sites excluding steroid dienone is 4. The van der Waals surface area contributed by atoms with Crippen molar-refractivity contribution in [2.75, 3.05) is 0 Å². The summed E-state index contributed by atoms with van der Waals surface area (Å²) < 4.78 is 0. The lowest BCUT2D eigenvalue weighted by atomic mass is 9.76. The smallest absolute Gasteiger partial charge is 0.0200 e. The zero-order valence-corrected chi connectivity index (χ0v) is 9.15. The molecule has 0 aliphatic heterocycles. The molecule has 0 aromatic carbocycles. The van der Waals surface area contributed by atoms with E-state index in [9.17, 15) is 0 Å². The molecule has 1 radical (unpaired) electrons. The largest absolute Gasteiger partial charge is 0.0701 e. The molecular formula is C13H19. The van der Waals surface area contributed by atoms with Gasteiger partial charge in [0.1, 0.15) is 0 Å². The summed E-state index contributed by atoms with van der Waals surface area (Å²) in [5.74, 6) is 3.26. The van der Waals surface area contributed by atoms with E-state index in [0.717, 1.165) is 11.8 Å². The lowest BCUT2D eigenvalue weighted by Crippen LogP contribution is -2.16. The Kier molecular flexibility index (Phi) is 2.09. The number of hydrogen-bond acceptors (Lipinski definition) is 0. The average molecular weight is 175 g/mol. The first-order valence-corrected chi connectivity index (χ1v) is 5.34. The highest BCUT2D eigenvalue weighted by Gasteiger charge is 2.30. The maximum atomic E-state index is 2.38. The molecule has 0 saturated heterocycles. The Hall–Kier alpha value is -0.520. The first kappa shape index (κ1) is 9.05. The Morgan fingerprint density at radius 1 is 1.00 bits per heavy atom. The molecule has 0 heteroatoms. The lowest BCUT2D eigenvalue weighted by molar-refractivity contribution is 0.362. The molecule has 0 heterocycles. The van der Waals surface area contributed by atoms with Crippen molar-refractivity contribution in [3.8, 4) is 0 Å². The van der Waals surface area contributed by atoms with Gasteiger partial charge in [-0.3, -0.25) is 0 Å². The Balaban J connectivity index is 2.30. The minimum absolute atomic E-state index is 0.869. The van der Waals surface area contributed by atoms with Crippen molar-refractivity contribution in [1.29, 1.82) is 0 Å². The van der Waals surface area contributed by atoms with Crippen molar-refractivity contribution in [3.05, 3.63) is 28.7 Å². The molecular weight excluding hydrogens is 156 g/mol. The Labute approximate surface area is 81.7 Å². The molecule has 0 aromatic heterocycles. The van der Waals surface area contributed by atoms with Gasteiger partial charge in [-0.25, -0.2) is 0 Å². The highest BCUT2D eigenvalue weighted by atomic mass is 14.3. The second-order valence-corrected chi connectivity index (χ2v) is 4.83. The fraction of sp³-hybridized carbons (Fsp3) is 0.615. The molecule has 0 saturated carbocycles. The second-order valence-electron chi connectivity index (χ2n) is 4.83. The summed E-state index contributed by atoms with van der Waals surface area (Å²) in [7, 11) is 0. The summed E-state index contributed by atoms with van der Waals surface area (Å²) in [5.41, 5.74) is 4.83. The summed E-state index contributed by atoms with van der Waals surface area (Å²) in [6.07, 6.45) is 4.96. The van der Waals surface area contributed by atoms with Gasteiger partial charge in [0.25, 0.3) is 0 Å². The fourth-order valence-corrected chi connectivity index (χ4v) is 2.59. The van der Waals surface area contributed by atoms with Crippen LogP contribution in [0.1, 0.15) is 40.5 Å². The summed E-state index contributed by atoms with van der Waals surface area (Å²) >= 11 is 0. The maximum Gasteiger partial charge on any atom is 0.0200 e. The zero-order chi connectivity index (χ0) is 9.59. The fourth-order valence-electron chi connectivity index (χ4n) is 2.59. The van der Waals surface area contributed by atoms with Crippen molar-refractivity contribution >= 4 is 0 Å². The zero-order valence-electron chi connectivity index (χ0n) is 9.15. The van der Waals surface area contributed by atoms with E-state index in [-0.39, 0.29) is 0 Å². The van der Waals surface area contributed by atoms with Crippen LogP contribution in [-0.2, 0) is 0 Å². The van der Waals surface area contributed by atoms with Gasteiger partial charge in [-0.15, -0.1) is 0 Å². The second kappa shape index (κ2) is 3.01. The molecule has 2 rings (SSSR count). The molecule has 71 valence electrons. The Morgan fingerprint density at radius 3 is 2.15 bits per heavy atom. The van der Waals surface area contributed by atoms with E-state index >= 15 is 0 Å². The van der Waals surface area contributed by atoms with Crippen molar-refractivity contribution in [2.24, 2.45) is 11.8 Å². The van der Waals surface area contributed by atoms with Crippen molar-refractivity contribution in [3.63, 3.8) is 0 Å². The number of rotatable bonds is 0. The van der Waals surface area contributed by atoms with E-state index in [1.807, 2.05) is 0 Å². The molecule has 2 aliphatic rings. The molecule has 0 bridgehead atoms. The van der Waals surface area contributed by atoms with E-state index in [1.165, 1.54) is 24.3 Å². The van der Waals surface area contributed by atoms with E-state index in [0.29, 0.717) is 0 Å². The van der Waals surface area contributed by atoms with Gasteiger partial charge in [0.2, 0.25) is 0 Å². The number of hydrogen-bond donors (Lipinski definition) is 0. The molecule has 13 heavy (non-hydrogen) atoms. The quantitative estimate of drug-likeness (QED) is 0.523. The highest BCUT2D eigenvalue weighted by molar-refractivity contribution is 5.54. The van der Waals surface area contributed by atoms with Gasteiger partial charge in [0, 0.05) is 5.92 Å². The van der Waals surface area contributed by atoms with Gasteiger partial charge in [0.15, 0.2) is 0 Å². The summed E-state index contributed by atoms with van der Waals surface area (Å²) in [4.78, 5) is 0. The van der Waals surface area contributed by atoms with Crippen LogP contribution in [0.25, 0.3) is 0 Å². The van der Waals surface area contributed by atoms with Crippen LogP contribution in [0.3, 0.4) is 0 Å². The molecule has 0 N–H and O–H groups in total. The highest BCUT2D eigenvalue weighted by Crippen LogP contribution is 2.45. The average Bonchev–Trinajstić information content (AvgIpc) is 2.31. The van der Waals surface area contributed by atoms with Crippen LogP contribution in [0, 0.1) is 17.8 Å². The van der Waals surface area contributed by atoms with Gasteiger partial charge in [-0.05, 0) is 37.2 Å². The summed E-state index contributed by atoms with van der Waals surface area (Å²) in [6, 6.07) is 0. The van der Waals surface area contributed by atoms with Crippen LogP contribution in [-0.4, -0.2) is 0 Å². The molecule has 0 amide bonds. The van der Waals surface area contributed by atoms with Crippen LogP contribution >= 0.6 is 0 Å². The molecule has 0 fully saturated rings. The SMILES string of the molecule is C[C]1C=C(C)C2=C1CC(C)C(C)C2. The monoisotopic (exact) mass is 175 g/mol. The van der Waals surface area contributed by atoms with Crippen molar-refractivity contribution < 1.29 is 0 Å². The Bertz CT molecular complexity index is 280. The van der Waals surface area contributed by atoms with Crippen molar-refractivity contribution in [2.45, 2.75) is 40.5 Å². The van der Waals surface area contributed by atoms with Gasteiger partial charge < -0.3 is 0 Å². The predicted molar refractivity (Wildman–Crippen MR) is 57.3 cm³/mol. The maximum absolute atomic E-state index is 2.38. The van der Waals surface area contributed by atoms with Crippen LogP contribution in [0.5, 0.6) is 0 Å². The van der Waals surface area contributed by atoms with Crippen LogP contribution in [0.2, 0.25) is 0 Å². The third-order valence-corrected chi connectivity index (χ3v) is 3.77. The first-order valence-electron chi connectivity index (χ1n) is 5.34. The van der Waals surface area contributed by atoms with Crippen LogP contribution in [0.4, 0.5) is 0 Å². The third kappa shape index (κ3) is 1.37. The van der Waals surface area contributed by atoms with Gasteiger partial charge >= 0.3 is 0 Å². The molecule has 0 spiro atoms. The van der Waals surface area contributed by atoms with E-state index in [2.05, 4.69) is 33.8 Å². The van der Waals surface area contributed by atoms with E-state index < -0.39 is 0 Å². The van der Waals surface area contributed by atoms with Crippen molar-refractivity contribution in [1.82, 2.24) is 0 Å². The Morgan fingerprint density at radius 2 is 1.54 bits per heavy atom. The predicted octanol–water partition coefficient (Wildman–Crippen LogP) is 3.90.